The average Bonchev–Trinajstić information content (AvgIpc) is 2.77. The number of carbonyl (C=O) groups is 1. The molecule has 0 amide bonds. The van der Waals surface area contributed by atoms with E-state index in [0.717, 1.165) is 24.2 Å². The van der Waals surface area contributed by atoms with Crippen LogP contribution in [-0.4, -0.2) is 63.6 Å². The van der Waals surface area contributed by atoms with Crippen LogP contribution < -0.4 is 0 Å². The maximum Gasteiger partial charge on any atom is 0.337 e. The van der Waals surface area contributed by atoms with E-state index >= 15 is 0 Å². The Kier molecular flexibility index (Phi) is 7.76. The Morgan fingerprint density at radius 2 is 1.76 bits per heavy atom. The van der Waals surface area contributed by atoms with Crippen LogP contribution in [-0.2, 0) is 26.9 Å². The van der Waals surface area contributed by atoms with Crippen LogP contribution in [0.25, 0.3) is 0 Å². The fourth-order valence-corrected chi connectivity index (χ4v) is 4.03. The van der Waals surface area contributed by atoms with Crippen molar-refractivity contribution in [2.75, 3.05) is 40.0 Å². The first-order valence-corrected chi connectivity index (χ1v) is 10.6. The molecule has 0 aromatic heterocycles. The summed E-state index contributed by atoms with van der Waals surface area (Å²) in [6.45, 7) is 3.40. The highest BCUT2D eigenvalue weighted by Gasteiger charge is 2.26. The molecule has 2 aromatic carbocycles. The van der Waals surface area contributed by atoms with Crippen LogP contribution in [0.3, 0.4) is 0 Å². The summed E-state index contributed by atoms with van der Waals surface area (Å²) in [5.74, 6) is -0.417. The molecule has 1 aliphatic rings. The molecule has 1 atom stereocenters. The van der Waals surface area contributed by atoms with E-state index < -0.39 is 16.9 Å². The van der Waals surface area contributed by atoms with E-state index in [2.05, 4.69) is 4.90 Å². The number of esters is 1. The Bertz CT molecular complexity index is 856. The minimum atomic E-state index is -2.77. The molecule has 29 heavy (non-hydrogen) atoms. The number of hydrogen-bond acceptors (Lipinski definition) is 6. The van der Waals surface area contributed by atoms with E-state index in [4.69, 9.17) is 9.47 Å². The first kappa shape index (κ1) is 21.4. The van der Waals surface area contributed by atoms with Crippen LogP contribution in [0.5, 0.6) is 0 Å². The zero-order valence-electron chi connectivity index (χ0n) is 16.4. The number of ether oxygens (including phenoxy) is 2. The Hall–Kier alpha value is -2.26. The minimum Gasteiger partial charge on any atom is -0.465 e. The van der Waals surface area contributed by atoms with Gasteiger partial charge in [-0.2, -0.15) is 4.31 Å². The highest BCUT2D eigenvalue weighted by atomic mass is 32.2. The van der Waals surface area contributed by atoms with E-state index in [1.807, 2.05) is 30.3 Å². The Balaban J connectivity index is 1.78. The summed E-state index contributed by atoms with van der Waals surface area (Å²) >= 11 is 0. The maximum absolute atomic E-state index is 12.0. The molecular weight excluding hydrogens is 392 g/mol. The molecule has 0 saturated carbocycles. The zero-order chi connectivity index (χ0) is 20.6. The van der Waals surface area contributed by atoms with Crippen molar-refractivity contribution in [3.63, 3.8) is 0 Å². The van der Waals surface area contributed by atoms with Crippen molar-refractivity contribution in [2.45, 2.75) is 12.6 Å². The highest BCUT2D eigenvalue weighted by molar-refractivity contribution is 7.69. The van der Waals surface area contributed by atoms with Gasteiger partial charge in [0.1, 0.15) is 0 Å². The number of morpholine rings is 1. The number of hydrogen-bond donors (Lipinski definition) is 1. The second-order valence-electron chi connectivity index (χ2n) is 6.85. The molecule has 0 N–H and O–H groups in total. The standard InChI is InChI=1S/C21H26N2O5S/c1-27-21(24)19-9-7-17(8-10-19)15-23(29(25)26)16-20(18-5-3-2-4-6-18)22-11-13-28-14-12-22/h2-10,20,29H,11-16H2,1H3. The van der Waals surface area contributed by atoms with Crippen molar-refractivity contribution in [1.29, 1.82) is 0 Å². The van der Waals surface area contributed by atoms with Gasteiger partial charge in [-0.15, -0.1) is 0 Å². The van der Waals surface area contributed by atoms with Crippen molar-refractivity contribution in [2.24, 2.45) is 0 Å². The summed E-state index contributed by atoms with van der Waals surface area (Å²) in [6.07, 6.45) is 0. The van der Waals surface area contributed by atoms with Crippen LogP contribution in [0.4, 0.5) is 0 Å². The molecule has 7 nitrogen and oxygen atoms in total. The van der Waals surface area contributed by atoms with E-state index in [-0.39, 0.29) is 12.6 Å². The molecule has 2 aromatic rings. The third-order valence-corrected chi connectivity index (χ3v) is 5.79. The third kappa shape index (κ3) is 5.86. The largest absolute Gasteiger partial charge is 0.465 e. The van der Waals surface area contributed by atoms with Crippen molar-refractivity contribution in [3.05, 3.63) is 71.3 Å². The molecule has 1 aliphatic heterocycles. The summed E-state index contributed by atoms with van der Waals surface area (Å²) in [4.78, 5) is 13.9. The zero-order valence-corrected chi connectivity index (χ0v) is 17.3. The van der Waals surface area contributed by atoms with Gasteiger partial charge in [0.05, 0.1) is 25.9 Å². The van der Waals surface area contributed by atoms with Gasteiger partial charge in [0, 0.05) is 32.2 Å². The molecule has 1 saturated heterocycles. The van der Waals surface area contributed by atoms with Crippen molar-refractivity contribution in [3.8, 4) is 0 Å². The number of benzene rings is 2. The first-order chi connectivity index (χ1) is 14.1. The smallest absolute Gasteiger partial charge is 0.337 e. The molecule has 0 bridgehead atoms. The average molecular weight is 419 g/mol. The van der Waals surface area contributed by atoms with E-state index in [1.54, 1.807) is 24.3 Å². The van der Waals surface area contributed by atoms with Gasteiger partial charge in [0.15, 0.2) is 0 Å². The highest BCUT2D eigenvalue weighted by Crippen LogP contribution is 2.24. The number of nitrogens with zero attached hydrogens (tertiary/aromatic N) is 2. The molecule has 1 heterocycles. The van der Waals surface area contributed by atoms with Gasteiger partial charge in [-0.25, -0.2) is 13.2 Å². The third-order valence-electron chi connectivity index (χ3n) is 5.03. The lowest BCUT2D eigenvalue weighted by atomic mass is 10.0. The predicted molar refractivity (Wildman–Crippen MR) is 110 cm³/mol. The second-order valence-corrected chi connectivity index (χ2v) is 7.89. The van der Waals surface area contributed by atoms with Crippen molar-refractivity contribution < 1.29 is 22.7 Å². The van der Waals surface area contributed by atoms with Crippen LogP contribution >= 0.6 is 0 Å². The van der Waals surface area contributed by atoms with Gasteiger partial charge in [-0.1, -0.05) is 42.5 Å². The lowest BCUT2D eigenvalue weighted by molar-refractivity contribution is 0.0122. The molecular formula is C21H26N2O5S. The lowest BCUT2D eigenvalue weighted by Crippen LogP contribution is -2.43. The van der Waals surface area contributed by atoms with Gasteiger partial charge in [0.2, 0.25) is 10.9 Å². The Morgan fingerprint density at radius 1 is 1.10 bits per heavy atom. The monoisotopic (exact) mass is 418 g/mol. The normalized spacial score (nSPS) is 16.1. The number of methoxy groups -OCH3 is 1. The topological polar surface area (TPSA) is 76.2 Å². The van der Waals surface area contributed by atoms with Crippen LogP contribution in [0.15, 0.2) is 54.6 Å². The molecule has 156 valence electrons. The Labute approximate surface area is 172 Å². The van der Waals surface area contributed by atoms with Crippen molar-refractivity contribution in [1.82, 2.24) is 9.21 Å². The first-order valence-electron chi connectivity index (χ1n) is 9.51. The minimum absolute atomic E-state index is 0.0534. The molecule has 0 radical (unpaired) electrons. The number of rotatable bonds is 8. The number of carbonyl (C=O) groups excluding carboxylic acids is 1. The van der Waals surface area contributed by atoms with Gasteiger partial charge in [-0.05, 0) is 23.3 Å². The molecule has 0 spiro atoms. The van der Waals surface area contributed by atoms with E-state index in [1.165, 1.54) is 11.4 Å². The van der Waals surface area contributed by atoms with Gasteiger partial charge in [-0.3, -0.25) is 4.90 Å². The summed E-state index contributed by atoms with van der Waals surface area (Å²) in [5, 5.41) is 0. The van der Waals surface area contributed by atoms with Gasteiger partial charge in [0.25, 0.3) is 0 Å². The lowest BCUT2D eigenvalue weighted by Gasteiger charge is -2.36. The molecule has 1 unspecified atom stereocenters. The maximum atomic E-state index is 12.0. The molecule has 3 rings (SSSR count). The molecule has 8 heteroatoms. The molecule has 0 aliphatic carbocycles. The van der Waals surface area contributed by atoms with E-state index in [9.17, 15) is 13.2 Å². The molecule has 1 fully saturated rings. The summed E-state index contributed by atoms with van der Waals surface area (Å²) in [6, 6.07) is 16.7. The summed E-state index contributed by atoms with van der Waals surface area (Å²) < 4.78 is 35.7. The summed E-state index contributed by atoms with van der Waals surface area (Å²) in [7, 11) is -1.44. The quantitative estimate of drug-likeness (QED) is 0.521. The number of thiol groups is 1. The van der Waals surface area contributed by atoms with Crippen LogP contribution in [0.2, 0.25) is 0 Å². The van der Waals surface area contributed by atoms with Gasteiger partial charge >= 0.3 is 5.97 Å². The SMILES string of the molecule is COC(=O)c1ccc(CN(CC(c2ccccc2)N2CCOCC2)[SH](=O)=O)cc1. The fourth-order valence-electron chi connectivity index (χ4n) is 3.46. The van der Waals surface area contributed by atoms with Crippen LogP contribution in [0.1, 0.15) is 27.5 Å². The van der Waals surface area contributed by atoms with Crippen molar-refractivity contribution >= 4 is 16.9 Å². The fraction of sp³-hybridized carbons (Fsp3) is 0.381. The van der Waals surface area contributed by atoms with Gasteiger partial charge < -0.3 is 9.47 Å². The summed E-state index contributed by atoms with van der Waals surface area (Å²) in [5.41, 5.74) is 2.33. The van der Waals surface area contributed by atoms with E-state index in [0.29, 0.717) is 25.3 Å². The second kappa shape index (κ2) is 10.5. The Morgan fingerprint density at radius 3 is 2.34 bits per heavy atom. The van der Waals surface area contributed by atoms with Crippen LogP contribution in [0, 0.1) is 0 Å². The predicted octanol–water partition coefficient (Wildman–Crippen LogP) is 1.88.